The number of hydrogen-bond acceptors (Lipinski definition) is 11. The second-order valence-corrected chi connectivity index (χ2v) is 15.5. The lowest BCUT2D eigenvalue weighted by Gasteiger charge is -2.42. The molecule has 5 heterocycles. The predicted octanol–water partition coefficient (Wildman–Crippen LogP) is 5.49. The van der Waals surface area contributed by atoms with E-state index < -0.39 is 0 Å². The zero-order valence-corrected chi connectivity index (χ0v) is 32.6. The molecular formula is C40H67N9O4. The van der Waals surface area contributed by atoms with Gasteiger partial charge in [0, 0.05) is 30.5 Å². The van der Waals surface area contributed by atoms with Crippen molar-refractivity contribution < 1.29 is 19.1 Å². The summed E-state index contributed by atoms with van der Waals surface area (Å²) in [7, 11) is 0. The molecule has 0 amide bonds. The predicted molar refractivity (Wildman–Crippen MR) is 211 cm³/mol. The van der Waals surface area contributed by atoms with Gasteiger partial charge in [0.1, 0.15) is 0 Å². The number of unbranched alkanes of at least 4 members (excludes halogenated alkanes) is 11. The van der Waals surface area contributed by atoms with E-state index in [4.69, 9.17) is 36.7 Å². The van der Waals surface area contributed by atoms with Crippen LogP contribution in [0.25, 0.3) is 0 Å². The molecule has 13 heteroatoms. The van der Waals surface area contributed by atoms with Gasteiger partial charge >= 0.3 is 11.9 Å². The van der Waals surface area contributed by atoms with Crippen molar-refractivity contribution in [2.24, 2.45) is 32.2 Å². The Labute approximate surface area is 317 Å². The van der Waals surface area contributed by atoms with Crippen molar-refractivity contribution in [2.75, 3.05) is 26.3 Å². The number of guanidine groups is 3. The van der Waals surface area contributed by atoms with Gasteiger partial charge in [-0.3, -0.25) is 4.99 Å². The third kappa shape index (κ3) is 11.1. The third-order valence-corrected chi connectivity index (χ3v) is 11.5. The SMILES string of the molecule is CCCCCCC[C@H]1CC2CCC3C(C(=O)OCCCCCCCCCC4N=C(N)N5CCCC5=C4C(=O)OCCCCN=C(N)N)=C(C)NC(=N1)N23. The van der Waals surface area contributed by atoms with Gasteiger partial charge in [-0.1, -0.05) is 77.6 Å². The van der Waals surface area contributed by atoms with Crippen LogP contribution in [0.2, 0.25) is 0 Å². The number of hydrogen-bond donors (Lipinski definition) is 4. The molecule has 13 nitrogen and oxygen atoms in total. The average Bonchev–Trinajstić information content (AvgIpc) is 3.79. The number of allylic oxidation sites excluding steroid dienone is 2. The summed E-state index contributed by atoms with van der Waals surface area (Å²) in [6.07, 6.45) is 22.1. The summed E-state index contributed by atoms with van der Waals surface area (Å²) in [6, 6.07) is 0.669. The van der Waals surface area contributed by atoms with Gasteiger partial charge in [-0.25, -0.2) is 19.6 Å². The fraction of sp³-hybridized carbons (Fsp3) is 0.775. The molecule has 2 fully saturated rings. The molecule has 0 radical (unpaired) electrons. The molecule has 0 bridgehead atoms. The smallest absolute Gasteiger partial charge is 0.337 e. The summed E-state index contributed by atoms with van der Waals surface area (Å²) >= 11 is 0. The Balaban J connectivity index is 0.967. The quantitative estimate of drug-likeness (QED) is 0.0452. The molecule has 7 N–H and O–H groups in total. The number of nitrogens with zero attached hydrogens (tertiary/aromatic N) is 5. The molecular weight excluding hydrogens is 670 g/mol. The van der Waals surface area contributed by atoms with E-state index in [9.17, 15) is 9.59 Å². The number of nitrogens with one attached hydrogen (secondary N) is 1. The van der Waals surface area contributed by atoms with Crippen molar-refractivity contribution in [1.82, 2.24) is 15.1 Å². The molecule has 0 spiro atoms. The Morgan fingerprint density at radius 1 is 0.849 bits per heavy atom. The van der Waals surface area contributed by atoms with Crippen molar-refractivity contribution >= 4 is 29.8 Å². The number of fused-ring (bicyclic) bond motifs is 1. The topological polar surface area (TPSA) is 186 Å². The summed E-state index contributed by atoms with van der Waals surface area (Å²) in [5, 5.41) is 3.49. The Morgan fingerprint density at radius 2 is 1.51 bits per heavy atom. The van der Waals surface area contributed by atoms with Crippen LogP contribution in [0.15, 0.2) is 37.5 Å². The first-order chi connectivity index (χ1) is 25.8. The first-order valence-corrected chi connectivity index (χ1v) is 20.9. The van der Waals surface area contributed by atoms with Gasteiger partial charge in [0.15, 0.2) is 17.9 Å². The number of rotatable bonds is 23. The van der Waals surface area contributed by atoms with Crippen LogP contribution in [0.4, 0.5) is 0 Å². The Kier molecular flexibility index (Phi) is 15.7. The fourth-order valence-electron chi connectivity index (χ4n) is 8.75. The molecule has 4 atom stereocenters. The fourth-order valence-corrected chi connectivity index (χ4v) is 8.75. The van der Waals surface area contributed by atoms with Crippen LogP contribution in [-0.4, -0.2) is 90.1 Å². The lowest BCUT2D eigenvalue weighted by molar-refractivity contribution is -0.140. The van der Waals surface area contributed by atoms with Crippen LogP contribution >= 0.6 is 0 Å². The van der Waals surface area contributed by atoms with Crippen LogP contribution in [0.3, 0.4) is 0 Å². The number of nitrogens with two attached hydrogens (primary N) is 3. The molecule has 5 rings (SSSR count). The van der Waals surface area contributed by atoms with Gasteiger partial charge in [-0.15, -0.1) is 0 Å². The molecule has 0 aromatic carbocycles. The largest absolute Gasteiger partial charge is 0.462 e. The minimum atomic E-state index is -0.281. The van der Waals surface area contributed by atoms with Crippen molar-refractivity contribution in [2.45, 2.75) is 173 Å². The standard InChI is InChI=1S/C40H67N9O4/c1-3-4-5-9-12-18-29-27-30-21-22-33-34(28(2)45-40(46-29)49(30)33)36(50)52-25-15-11-8-6-7-10-13-19-31-35(32-20-17-24-48(32)39(43)47-31)37(51)53-26-16-14-23-44-38(41)42/h29-31,33H,3-27H2,1-2H3,(H2,43,47)(H,45,46)(H4,41,42,44)/t29-,30?,31?,33?/m0/s1. The summed E-state index contributed by atoms with van der Waals surface area (Å²) in [5.74, 6) is 1.10. The van der Waals surface area contributed by atoms with Crippen molar-refractivity contribution in [3.63, 3.8) is 0 Å². The lowest BCUT2D eigenvalue weighted by atomic mass is 9.96. The summed E-state index contributed by atoms with van der Waals surface area (Å²) < 4.78 is 11.5. The van der Waals surface area contributed by atoms with E-state index in [1.54, 1.807) is 0 Å². The second kappa shape index (κ2) is 20.6. The van der Waals surface area contributed by atoms with E-state index in [-0.39, 0.29) is 30.0 Å². The van der Waals surface area contributed by atoms with Crippen LogP contribution < -0.4 is 22.5 Å². The van der Waals surface area contributed by atoms with Gasteiger partial charge in [0.2, 0.25) is 0 Å². The van der Waals surface area contributed by atoms with E-state index >= 15 is 0 Å². The highest BCUT2D eigenvalue weighted by Crippen LogP contribution is 2.39. The third-order valence-electron chi connectivity index (χ3n) is 11.5. The van der Waals surface area contributed by atoms with Gasteiger partial charge < -0.3 is 41.8 Å². The van der Waals surface area contributed by atoms with E-state index in [1.807, 2.05) is 11.8 Å². The first kappa shape index (κ1) is 40.4. The summed E-state index contributed by atoms with van der Waals surface area (Å²) in [6.45, 7) is 6.34. The van der Waals surface area contributed by atoms with Gasteiger partial charge in [-0.2, -0.15) is 0 Å². The van der Waals surface area contributed by atoms with Crippen LogP contribution in [0.1, 0.15) is 149 Å². The average molecular weight is 738 g/mol. The van der Waals surface area contributed by atoms with Crippen molar-refractivity contribution in [3.05, 3.63) is 22.5 Å². The van der Waals surface area contributed by atoms with Crippen molar-refractivity contribution in [3.8, 4) is 0 Å². The number of esters is 2. The zero-order valence-electron chi connectivity index (χ0n) is 32.6. The Morgan fingerprint density at radius 3 is 2.25 bits per heavy atom. The van der Waals surface area contributed by atoms with E-state index in [1.165, 1.54) is 32.1 Å². The molecule has 5 aliphatic heterocycles. The zero-order chi connectivity index (χ0) is 37.6. The van der Waals surface area contributed by atoms with Crippen LogP contribution in [0, 0.1) is 0 Å². The Bertz CT molecular complexity index is 1400. The number of carbonyl (C=O) groups is 2. The number of carbonyl (C=O) groups excluding carboxylic acids is 2. The molecule has 0 aromatic rings. The summed E-state index contributed by atoms with van der Waals surface area (Å²) in [5.41, 5.74) is 20.4. The minimum Gasteiger partial charge on any atom is -0.462 e. The molecule has 2 saturated heterocycles. The van der Waals surface area contributed by atoms with Gasteiger partial charge in [0.05, 0.1) is 42.5 Å². The number of aliphatic imine (C=N–C) groups is 3. The lowest BCUT2D eigenvalue weighted by Crippen LogP contribution is -2.56. The highest BCUT2D eigenvalue weighted by Gasteiger charge is 2.46. The maximum absolute atomic E-state index is 13.3. The molecule has 5 aliphatic rings. The molecule has 0 aromatic heterocycles. The van der Waals surface area contributed by atoms with E-state index in [2.05, 4.69) is 22.1 Å². The first-order valence-electron chi connectivity index (χ1n) is 20.9. The summed E-state index contributed by atoms with van der Waals surface area (Å²) in [4.78, 5) is 44.7. The molecule has 296 valence electrons. The van der Waals surface area contributed by atoms with Gasteiger partial charge in [-0.05, 0) is 71.1 Å². The normalized spacial score (nSPS) is 23.3. The van der Waals surface area contributed by atoms with Crippen LogP contribution in [-0.2, 0) is 19.1 Å². The maximum atomic E-state index is 13.3. The van der Waals surface area contributed by atoms with Crippen LogP contribution in [0.5, 0.6) is 0 Å². The maximum Gasteiger partial charge on any atom is 0.337 e. The second-order valence-electron chi connectivity index (χ2n) is 15.5. The minimum absolute atomic E-state index is 0.0734. The molecule has 3 unspecified atom stereocenters. The molecule has 53 heavy (non-hydrogen) atoms. The van der Waals surface area contributed by atoms with E-state index in [0.717, 1.165) is 126 Å². The Hall–Kier alpha value is -3.77. The highest BCUT2D eigenvalue weighted by atomic mass is 16.5. The van der Waals surface area contributed by atoms with E-state index in [0.29, 0.717) is 49.8 Å². The monoisotopic (exact) mass is 738 g/mol. The van der Waals surface area contributed by atoms with Crippen molar-refractivity contribution in [1.29, 1.82) is 0 Å². The van der Waals surface area contributed by atoms with Gasteiger partial charge in [0.25, 0.3) is 0 Å². The molecule has 0 saturated carbocycles. The highest BCUT2D eigenvalue weighted by molar-refractivity contribution is 5.97. The number of ether oxygens (including phenoxy) is 2. The molecule has 0 aliphatic carbocycles.